The molecule has 2 amide bonds. The first-order valence-corrected chi connectivity index (χ1v) is 6.61. The third-order valence-electron chi connectivity index (χ3n) is 2.88. The van der Waals surface area contributed by atoms with Crippen LogP contribution in [0, 0.1) is 5.92 Å². The second-order valence-corrected chi connectivity index (χ2v) is 4.98. The number of hydrogen-bond acceptors (Lipinski definition) is 4. The molecule has 6 nitrogen and oxygen atoms in total. The SMILES string of the molecule is COC(=O)c1ccc(NC(=O)C(NC(C)=O)C(C)C)cc1. The summed E-state index contributed by atoms with van der Waals surface area (Å²) in [6.07, 6.45) is 0. The van der Waals surface area contributed by atoms with Gasteiger partial charge < -0.3 is 15.4 Å². The van der Waals surface area contributed by atoms with Gasteiger partial charge in [-0.2, -0.15) is 0 Å². The minimum Gasteiger partial charge on any atom is -0.465 e. The van der Waals surface area contributed by atoms with Gasteiger partial charge in [0.05, 0.1) is 12.7 Å². The van der Waals surface area contributed by atoms with Crippen molar-refractivity contribution in [1.82, 2.24) is 5.32 Å². The molecular weight excluding hydrogens is 272 g/mol. The Morgan fingerprint density at radius 2 is 1.67 bits per heavy atom. The van der Waals surface area contributed by atoms with E-state index in [1.165, 1.54) is 14.0 Å². The molecule has 1 atom stereocenters. The zero-order valence-electron chi connectivity index (χ0n) is 12.6. The lowest BCUT2D eigenvalue weighted by atomic mass is 10.0. The molecule has 0 heterocycles. The molecule has 0 bridgehead atoms. The molecule has 2 N–H and O–H groups in total. The van der Waals surface area contributed by atoms with Gasteiger partial charge in [-0.3, -0.25) is 9.59 Å². The quantitative estimate of drug-likeness (QED) is 0.807. The molecule has 1 rings (SSSR count). The highest BCUT2D eigenvalue weighted by Crippen LogP contribution is 2.12. The van der Waals surface area contributed by atoms with Crippen molar-refractivity contribution in [2.75, 3.05) is 12.4 Å². The van der Waals surface area contributed by atoms with Crippen LogP contribution >= 0.6 is 0 Å². The van der Waals surface area contributed by atoms with Crippen LogP contribution in [0.3, 0.4) is 0 Å². The van der Waals surface area contributed by atoms with Gasteiger partial charge in [0.25, 0.3) is 0 Å². The van der Waals surface area contributed by atoms with Crippen LogP contribution in [0.4, 0.5) is 5.69 Å². The van der Waals surface area contributed by atoms with Crippen molar-refractivity contribution in [3.8, 4) is 0 Å². The van der Waals surface area contributed by atoms with Crippen LogP contribution in [0.5, 0.6) is 0 Å². The van der Waals surface area contributed by atoms with Gasteiger partial charge >= 0.3 is 5.97 Å². The maximum absolute atomic E-state index is 12.1. The molecular formula is C15H20N2O4. The van der Waals surface area contributed by atoms with Crippen LogP contribution < -0.4 is 10.6 Å². The van der Waals surface area contributed by atoms with Crippen molar-refractivity contribution in [3.63, 3.8) is 0 Å². The van der Waals surface area contributed by atoms with Crippen LogP contribution in [0.15, 0.2) is 24.3 Å². The number of rotatable bonds is 5. The molecule has 1 aromatic rings. The van der Waals surface area contributed by atoms with Gasteiger partial charge in [-0.25, -0.2) is 4.79 Å². The van der Waals surface area contributed by atoms with Crippen LogP contribution in [-0.2, 0) is 14.3 Å². The lowest BCUT2D eigenvalue weighted by molar-refractivity contribution is -0.126. The Hall–Kier alpha value is -2.37. The molecule has 21 heavy (non-hydrogen) atoms. The zero-order valence-corrected chi connectivity index (χ0v) is 12.6. The van der Waals surface area contributed by atoms with E-state index in [9.17, 15) is 14.4 Å². The number of carbonyl (C=O) groups excluding carboxylic acids is 3. The van der Waals surface area contributed by atoms with E-state index in [0.29, 0.717) is 11.3 Å². The summed E-state index contributed by atoms with van der Waals surface area (Å²) in [5, 5.41) is 5.32. The summed E-state index contributed by atoms with van der Waals surface area (Å²) >= 11 is 0. The molecule has 0 saturated carbocycles. The van der Waals surface area contributed by atoms with E-state index in [0.717, 1.165) is 0 Å². The van der Waals surface area contributed by atoms with Gasteiger partial charge in [-0.15, -0.1) is 0 Å². The van der Waals surface area contributed by atoms with E-state index >= 15 is 0 Å². The Morgan fingerprint density at radius 3 is 2.10 bits per heavy atom. The Morgan fingerprint density at radius 1 is 1.10 bits per heavy atom. The normalized spacial score (nSPS) is 11.7. The molecule has 1 aromatic carbocycles. The van der Waals surface area contributed by atoms with Gasteiger partial charge in [-0.05, 0) is 30.2 Å². The van der Waals surface area contributed by atoms with E-state index in [1.807, 2.05) is 13.8 Å². The fraction of sp³-hybridized carbons (Fsp3) is 0.400. The molecule has 1 unspecified atom stereocenters. The summed E-state index contributed by atoms with van der Waals surface area (Å²) < 4.78 is 4.60. The Kier molecular flexibility index (Phi) is 5.90. The largest absolute Gasteiger partial charge is 0.465 e. The number of nitrogens with one attached hydrogen (secondary N) is 2. The predicted molar refractivity (Wildman–Crippen MR) is 78.9 cm³/mol. The molecule has 6 heteroatoms. The second-order valence-electron chi connectivity index (χ2n) is 4.98. The fourth-order valence-electron chi connectivity index (χ4n) is 1.78. The monoisotopic (exact) mass is 292 g/mol. The number of esters is 1. The number of anilines is 1. The maximum Gasteiger partial charge on any atom is 0.337 e. The van der Waals surface area contributed by atoms with Gasteiger partial charge in [-0.1, -0.05) is 13.8 Å². The van der Waals surface area contributed by atoms with Crippen LogP contribution in [0.25, 0.3) is 0 Å². The van der Waals surface area contributed by atoms with Crippen molar-refractivity contribution in [2.24, 2.45) is 5.92 Å². The summed E-state index contributed by atoms with van der Waals surface area (Å²) in [6, 6.07) is 5.72. The Bertz CT molecular complexity index is 523. The Balaban J connectivity index is 2.77. The first kappa shape index (κ1) is 16.7. The number of hydrogen-bond donors (Lipinski definition) is 2. The van der Waals surface area contributed by atoms with E-state index in [4.69, 9.17) is 0 Å². The first-order chi connectivity index (χ1) is 9.85. The predicted octanol–water partition coefficient (Wildman–Crippen LogP) is 1.57. The van der Waals surface area contributed by atoms with Crippen LogP contribution in [0.2, 0.25) is 0 Å². The highest BCUT2D eigenvalue weighted by Gasteiger charge is 2.23. The lowest BCUT2D eigenvalue weighted by Gasteiger charge is -2.20. The molecule has 114 valence electrons. The fourth-order valence-corrected chi connectivity index (χ4v) is 1.78. The van der Waals surface area contributed by atoms with Crippen molar-refractivity contribution >= 4 is 23.5 Å². The molecule has 0 aliphatic heterocycles. The molecule has 0 aromatic heterocycles. The molecule has 0 fully saturated rings. The van der Waals surface area contributed by atoms with Gasteiger partial charge in [0, 0.05) is 12.6 Å². The van der Waals surface area contributed by atoms with E-state index in [1.54, 1.807) is 24.3 Å². The van der Waals surface area contributed by atoms with Crippen LogP contribution in [-0.4, -0.2) is 30.9 Å². The van der Waals surface area contributed by atoms with Crippen molar-refractivity contribution < 1.29 is 19.1 Å². The highest BCUT2D eigenvalue weighted by molar-refractivity contribution is 5.97. The lowest BCUT2D eigenvalue weighted by Crippen LogP contribution is -2.46. The minimum atomic E-state index is -0.609. The average molecular weight is 292 g/mol. The molecule has 0 aliphatic rings. The second kappa shape index (κ2) is 7.42. The first-order valence-electron chi connectivity index (χ1n) is 6.61. The van der Waals surface area contributed by atoms with Crippen LogP contribution in [0.1, 0.15) is 31.1 Å². The van der Waals surface area contributed by atoms with Crippen molar-refractivity contribution in [1.29, 1.82) is 0 Å². The zero-order chi connectivity index (χ0) is 16.0. The van der Waals surface area contributed by atoms with E-state index in [-0.39, 0.29) is 17.7 Å². The van der Waals surface area contributed by atoms with Crippen molar-refractivity contribution in [2.45, 2.75) is 26.8 Å². The standard InChI is InChI=1S/C15H20N2O4/c1-9(2)13(16-10(3)18)14(19)17-12-7-5-11(6-8-12)15(20)21-4/h5-9,13H,1-4H3,(H,16,18)(H,17,19). The van der Waals surface area contributed by atoms with E-state index in [2.05, 4.69) is 15.4 Å². The number of methoxy groups -OCH3 is 1. The number of benzene rings is 1. The van der Waals surface area contributed by atoms with Gasteiger partial charge in [0.15, 0.2) is 0 Å². The number of carbonyl (C=O) groups is 3. The third-order valence-corrected chi connectivity index (χ3v) is 2.88. The van der Waals surface area contributed by atoms with Crippen molar-refractivity contribution in [3.05, 3.63) is 29.8 Å². The summed E-state index contributed by atoms with van der Waals surface area (Å²) in [6.45, 7) is 5.06. The average Bonchev–Trinajstić information content (AvgIpc) is 2.44. The topological polar surface area (TPSA) is 84.5 Å². The van der Waals surface area contributed by atoms with E-state index < -0.39 is 12.0 Å². The summed E-state index contributed by atoms with van der Waals surface area (Å²) in [4.78, 5) is 34.6. The molecule has 0 spiro atoms. The molecule has 0 saturated heterocycles. The highest BCUT2D eigenvalue weighted by atomic mass is 16.5. The molecule has 0 aliphatic carbocycles. The summed E-state index contributed by atoms with van der Waals surface area (Å²) in [5.74, 6) is -1.04. The smallest absolute Gasteiger partial charge is 0.337 e. The molecule has 0 radical (unpaired) electrons. The number of ether oxygens (including phenoxy) is 1. The Labute approximate surface area is 123 Å². The third kappa shape index (κ3) is 4.91. The van der Waals surface area contributed by atoms with Gasteiger partial charge in [0.2, 0.25) is 11.8 Å². The minimum absolute atomic E-state index is 0.0387. The summed E-state index contributed by atoms with van der Waals surface area (Å²) in [5.41, 5.74) is 0.946. The van der Waals surface area contributed by atoms with Gasteiger partial charge in [0.1, 0.15) is 6.04 Å². The number of amides is 2. The summed E-state index contributed by atoms with van der Waals surface area (Å²) in [7, 11) is 1.30. The maximum atomic E-state index is 12.1.